The Kier molecular flexibility index (Phi) is 16.3. The molecule has 3 heteroatoms. The van der Waals surface area contributed by atoms with Crippen LogP contribution in [0, 0.1) is 0 Å². The van der Waals surface area contributed by atoms with E-state index in [-0.39, 0.29) is 17.1 Å². The quantitative estimate of drug-likeness (QED) is 0.502. The third-order valence-corrected chi connectivity index (χ3v) is 0.327. The van der Waals surface area contributed by atoms with Gasteiger partial charge in [0.25, 0.3) is 0 Å². The molecule has 5 heavy (non-hydrogen) atoms. The van der Waals surface area contributed by atoms with Crippen molar-refractivity contribution in [3.05, 3.63) is 0 Å². The summed E-state index contributed by atoms with van der Waals surface area (Å²) in [6.07, 6.45) is 0. The minimum Gasteiger partial charge on any atom is -0.280 e. The first-order chi connectivity index (χ1) is 1.91. The summed E-state index contributed by atoms with van der Waals surface area (Å²) in [4.78, 5) is 0. The van der Waals surface area contributed by atoms with Gasteiger partial charge in [0.05, 0.1) is 18.5 Å². The van der Waals surface area contributed by atoms with E-state index in [1.165, 1.54) is 0 Å². The molecule has 0 aromatic heterocycles. The van der Waals surface area contributed by atoms with E-state index in [0.29, 0.717) is 6.61 Å². The van der Waals surface area contributed by atoms with Crippen LogP contribution in [0.1, 0.15) is 6.92 Å². The van der Waals surface area contributed by atoms with Crippen LogP contribution in [-0.2, 0) is 21.4 Å². The van der Waals surface area contributed by atoms with Crippen molar-refractivity contribution in [1.29, 1.82) is 0 Å². The summed E-state index contributed by atoms with van der Waals surface area (Å²) in [5, 5.41) is 0. The molecule has 0 aliphatic heterocycles. The molecule has 0 amide bonds. The van der Waals surface area contributed by atoms with Crippen molar-refractivity contribution < 1.29 is 21.4 Å². The molecule has 0 aliphatic carbocycles. The predicted molar refractivity (Wildman–Crippen MR) is 17.5 cm³/mol. The average Bonchev–Trinajstić information content (AvgIpc) is 1.37. The predicted octanol–water partition coefficient (Wildman–Crippen LogP) is 1.17. The van der Waals surface area contributed by atoms with Crippen LogP contribution in [0.25, 0.3) is 0 Å². The Morgan fingerprint density at radius 1 is 1.80 bits per heavy atom. The number of hydrogen-bond donors (Lipinski definition) is 0. The van der Waals surface area contributed by atoms with E-state index in [1.807, 2.05) is 6.92 Å². The van der Waals surface area contributed by atoms with E-state index in [4.69, 9.17) is 0 Å². The van der Waals surface area contributed by atoms with Crippen molar-refractivity contribution in [2.45, 2.75) is 6.92 Å². The van der Waals surface area contributed by atoms with E-state index in [2.05, 4.69) is 16.2 Å². The second kappa shape index (κ2) is 8.84. The van der Waals surface area contributed by atoms with Gasteiger partial charge in [-0.3, -0.25) is 4.29 Å². The van der Waals surface area contributed by atoms with Gasteiger partial charge in [-0.05, 0) is 6.92 Å². The number of rotatable bonds is 1. The molecule has 0 fully saturated rings. The fraction of sp³-hybridized carbons (Fsp3) is 1.00. The zero-order valence-corrected chi connectivity index (χ0v) is 4.49. The van der Waals surface area contributed by atoms with Gasteiger partial charge < -0.3 is 0 Å². The summed E-state index contributed by atoms with van der Waals surface area (Å²) < 4.78 is 4.01. The molecule has 0 aliphatic rings. The molecule has 0 saturated carbocycles. The fourth-order valence-electron chi connectivity index (χ4n) is 0. The first kappa shape index (κ1) is 9.24. The molecule has 0 N–H and O–H groups in total. The topological polar surface area (TPSA) is 9.23 Å². The Labute approximate surface area is 47.3 Å². The Bertz CT molecular complexity index is 11.6. The first-order valence-electron chi connectivity index (χ1n) is 1.15. The van der Waals surface area contributed by atoms with Crippen LogP contribution in [0.4, 0.5) is 0 Å². The van der Waals surface area contributed by atoms with Crippen molar-refractivity contribution in [3.63, 3.8) is 0 Å². The molecule has 0 saturated heterocycles. The molecule has 1 radical (unpaired) electrons. The van der Waals surface area contributed by atoms with E-state index < -0.39 is 0 Å². The van der Waals surface area contributed by atoms with Gasteiger partial charge in [0, 0.05) is 17.1 Å². The Balaban J connectivity index is 0. The molecule has 0 rings (SSSR count). The molecular weight excluding hydrogens is 139 g/mol. The van der Waals surface area contributed by atoms with Gasteiger partial charge in [-0.2, -0.15) is 0 Å². The Hall–Kier alpha value is 0.769. The second-order valence-corrected chi connectivity index (χ2v) is 0.616. The van der Waals surface area contributed by atoms with Gasteiger partial charge in [-0.15, -0.1) is 0 Å². The van der Waals surface area contributed by atoms with Crippen molar-refractivity contribution in [2.75, 3.05) is 6.61 Å². The smallest absolute Gasteiger partial charge is 0.0654 e. The summed E-state index contributed by atoms with van der Waals surface area (Å²) in [5.41, 5.74) is 0. The normalized spacial score (nSPS) is 6.00. The summed E-state index contributed by atoms with van der Waals surface area (Å²) in [7, 11) is 0. The summed E-state index contributed by atoms with van der Waals surface area (Å²) in [6.45, 7) is 2.41. The Morgan fingerprint density at radius 2 is 2.00 bits per heavy atom. The van der Waals surface area contributed by atoms with Gasteiger partial charge in [-0.1, -0.05) is 0 Å². The van der Waals surface area contributed by atoms with Crippen LogP contribution >= 0.6 is 11.9 Å². The summed E-state index contributed by atoms with van der Waals surface area (Å²) in [6, 6.07) is 0. The zero-order chi connectivity index (χ0) is 3.41. The largest absolute Gasteiger partial charge is 0.280 e. The fourth-order valence-corrected chi connectivity index (χ4v) is 0. The van der Waals surface area contributed by atoms with Crippen molar-refractivity contribution in [1.82, 2.24) is 0 Å². The van der Waals surface area contributed by atoms with Crippen molar-refractivity contribution >= 4 is 11.9 Å². The van der Waals surface area contributed by atoms with E-state index in [1.54, 1.807) is 0 Å². The van der Waals surface area contributed by atoms with Crippen LogP contribution in [0.3, 0.4) is 0 Å². The SMILES string of the molecule is CCOCl.[Cu]. The van der Waals surface area contributed by atoms with Crippen LogP contribution in [0.15, 0.2) is 0 Å². The number of hydrogen-bond acceptors (Lipinski definition) is 1. The molecule has 0 unspecified atom stereocenters. The molecule has 37 valence electrons. The van der Waals surface area contributed by atoms with Gasteiger partial charge in [0.15, 0.2) is 0 Å². The van der Waals surface area contributed by atoms with Crippen LogP contribution in [-0.4, -0.2) is 6.61 Å². The maximum atomic E-state index is 4.69. The summed E-state index contributed by atoms with van der Waals surface area (Å²) in [5.74, 6) is 0. The maximum absolute atomic E-state index is 4.69. The molecule has 0 aromatic carbocycles. The molecule has 0 atom stereocenters. The monoisotopic (exact) mass is 143 g/mol. The zero-order valence-electron chi connectivity index (χ0n) is 2.79. The minimum atomic E-state index is 0. The third kappa shape index (κ3) is 11.7. The molecule has 0 spiro atoms. The van der Waals surface area contributed by atoms with Crippen LogP contribution in [0.2, 0.25) is 0 Å². The first-order valence-corrected chi connectivity index (χ1v) is 1.46. The summed E-state index contributed by atoms with van der Waals surface area (Å²) >= 11 is 4.69. The minimum absolute atomic E-state index is 0. The average molecular weight is 144 g/mol. The van der Waals surface area contributed by atoms with E-state index in [0.717, 1.165) is 0 Å². The van der Waals surface area contributed by atoms with Crippen LogP contribution < -0.4 is 0 Å². The molecule has 0 heterocycles. The maximum Gasteiger partial charge on any atom is 0.0654 e. The standard InChI is InChI=1S/C2H5ClO.Cu/c1-2-4-3;/h2H2,1H3;. The van der Waals surface area contributed by atoms with E-state index in [9.17, 15) is 0 Å². The molecule has 0 aromatic rings. The second-order valence-electron chi connectivity index (χ2n) is 0.398. The van der Waals surface area contributed by atoms with Crippen molar-refractivity contribution in [2.24, 2.45) is 0 Å². The van der Waals surface area contributed by atoms with Gasteiger partial charge in [0.1, 0.15) is 0 Å². The molecule has 0 bridgehead atoms. The van der Waals surface area contributed by atoms with Crippen molar-refractivity contribution in [3.8, 4) is 0 Å². The van der Waals surface area contributed by atoms with Crippen LogP contribution in [0.5, 0.6) is 0 Å². The van der Waals surface area contributed by atoms with E-state index >= 15 is 0 Å². The third-order valence-electron chi connectivity index (χ3n) is 0.109. The van der Waals surface area contributed by atoms with Gasteiger partial charge >= 0.3 is 0 Å². The molecular formula is C2H5ClCuO. The Morgan fingerprint density at radius 3 is 2.00 bits per heavy atom. The molecule has 1 nitrogen and oxygen atoms in total. The number of halogens is 1. The van der Waals surface area contributed by atoms with Gasteiger partial charge in [-0.25, -0.2) is 0 Å². The van der Waals surface area contributed by atoms with Gasteiger partial charge in [0.2, 0.25) is 0 Å².